The Morgan fingerprint density at radius 1 is 1.30 bits per heavy atom. The van der Waals surface area contributed by atoms with Crippen molar-refractivity contribution in [3.63, 3.8) is 0 Å². The molecular formula is C15H24N2O3. The van der Waals surface area contributed by atoms with Crippen LogP contribution >= 0.6 is 0 Å². The zero-order valence-corrected chi connectivity index (χ0v) is 12.3. The van der Waals surface area contributed by atoms with Gasteiger partial charge in [-0.25, -0.2) is 0 Å². The van der Waals surface area contributed by atoms with Gasteiger partial charge in [-0.15, -0.1) is 0 Å². The minimum atomic E-state index is -0.0472. The van der Waals surface area contributed by atoms with Crippen molar-refractivity contribution in [1.29, 1.82) is 0 Å². The van der Waals surface area contributed by atoms with Gasteiger partial charge in [0.25, 0.3) is 0 Å². The first-order chi connectivity index (χ1) is 9.70. The first kappa shape index (κ1) is 15.1. The fraction of sp³-hybridized carbons (Fsp3) is 0.600. The maximum Gasteiger partial charge on any atom is 0.161 e. The van der Waals surface area contributed by atoms with Gasteiger partial charge in [-0.3, -0.25) is 0 Å². The van der Waals surface area contributed by atoms with Crippen LogP contribution in [0.4, 0.5) is 0 Å². The number of rotatable bonds is 6. The van der Waals surface area contributed by atoms with Crippen molar-refractivity contribution in [2.45, 2.75) is 12.5 Å². The van der Waals surface area contributed by atoms with Gasteiger partial charge in [-0.05, 0) is 24.7 Å². The standard InChI is InChI=1S/C15H24N2O3/c1-17(6-9-18-2)11-13(16)12-4-5-14-15(10-12)20-8-3-7-19-14/h4-5,10,13H,3,6-9,11,16H2,1-2H3. The Hall–Kier alpha value is -1.30. The van der Waals surface area contributed by atoms with Gasteiger partial charge in [-0.2, -0.15) is 0 Å². The Morgan fingerprint density at radius 2 is 2.05 bits per heavy atom. The first-order valence-electron chi connectivity index (χ1n) is 7.03. The lowest BCUT2D eigenvalue weighted by atomic mass is 10.1. The van der Waals surface area contributed by atoms with E-state index < -0.39 is 0 Å². The van der Waals surface area contributed by atoms with Crippen LogP contribution in [0.15, 0.2) is 18.2 Å². The summed E-state index contributed by atoms with van der Waals surface area (Å²) in [6.07, 6.45) is 0.913. The smallest absolute Gasteiger partial charge is 0.161 e. The highest BCUT2D eigenvalue weighted by Crippen LogP contribution is 2.31. The fourth-order valence-electron chi connectivity index (χ4n) is 2.19. The van der Waals surface area contributed by atoms with Crippen LogP contribution in [0.3, 0.4) is 0 Å². The minimum Gasteiger partial charge on any atom is -0.490 e. The van der Waals surface area contributed by atoms with Gasteiger partial charge in [0, 0.05) is 32.7 Å². The molecule has 0 spiro atoms. The third kappa shape index (κ3) is 4.10. The SMILES string of the molecule is COCCN(C)CC(N)c1ccc2c(c1)OCCCO2. The normalized spacial score (nSPS) is 16.0. The van der Waals surface area contributed by atoms with E-state index in [0.717, 1.165) is 36.6 Å². The number of hydrogen-bond donors (Lipinski definition) is 1. The molecule has 2 rings (SSSR count). The molecule has 0 aliphatic carbocycles. The van der Waals surface area contributed by atoms with Gasteiger partial charge in [0.2, 0.25) is 0 Å². The van der Waals surface area contributed by atoms with Crippen molar-refractivity contribution < 1.29 is 14.2 Å². The van der Waals surface area contributed by atoms with E-state index in [2.05, 4.69) is 4.90 Å². The number of fused-ring (bicyclic) bond motifs is 1. The molecule has 1 aliphatic rings. The van der Waals surface area contributed by atoms with E-state index in [1.165, 1.54) is 0 Å². The maximum atomic E-state index is 6.26. The van der Waals surface area contributed by atoms with Gasteiger partial charge < -0.3 is 24.8 Å². The molecule has 0 amide bonds. The average Bonchev–Trinajstić information content (AvgIpc) is 2.69. The molecular weight excluding hydrogens is 256 g/mol. The molecule has 1 heterocycles. The Bertz CT molecular complexity index is 426. The van der Waals surface area contributed by atoms with E-state index in [1.54, 1.807) is 7.11 Å². The van der Waals surface area contributed by atoms with E-state index in [0.29, 0.717) is 19.8 Å². The lowest BCUT2D eigenvalue weighted by molar-refractivity contribution is 0.158. The molecule has 0 fully saturated rings. The number of nitrogens with two attached hydrogens (primary N) is 1. The number of nitrogens with zero attached hydrogens (tertiary/aromatic N) is 1. The predicted octanol–water partition coefficient (Wildman–Crippen LogP) is 1.43. The van der Waals surface area contributed by atoms with E-state index in [-0.39, 0.29) is 6.04 Å². The van der Waals surface area contributed by atoms with Gasteiger partial charge in [0.1, 0.15) is 0 Å². The summed E-state index contributed by atoms with van der Waals surface area (Å²) in [5.74, 6) is 1.61. The number of hydrogen-bond acceptors (Lipinski definition) is 5. The highest BCUT2D eigenvalue weighted by molar-refractivity contribution is 5.44. The van der Waals surface area contributed by atoms with Crippen LogP contribution < -0.4 is 15.2 Å². The summed E-state index contributed by atoms with van der Waals surface area (Å²) in [5.41, 5.74) is 7.33. The number of methoxy groups -OCH3 is 1. The summed E-state index contributed by atoms with van der Waals surface area (Å²) in [7, 11) is 3.75. The summed E-state index contributed by atoms with van der Waals surface area (Å²) >= 11 is 0. The van der Waals surface area contributed by atoms with Crippen LogP contribution in [0.2, 0.25) is 0 Å². The molecule has 5 nitrogen and oxygen atoms in total. The first-order valence-corrected chi connectivity index (χ1v) is 7.03. The average molecular weight is 280 g/mol. The lowest BCUT2D eigenvalue weighted by Gasteiger charge is -2.21. The van der Waals surface area contributed by atoms with Gasteiger partial charge in [-0.1, -0.05) is 6.07 Å². The molecule has 2 N–H and O–H groups in total. The molecule has 0 saturated carbocycles. The molecule has 1 aromatic rings. The minimum absolute atomic E-state index is 0.0472. The Labute approximate surface area is 120 Å². The second-order valence-corrected chi connectivity index (χ2v) is 5.12. The third-order valence-corrected chi connectivity index (χ3v) is 3.39. The Kier molecular flexibility index (Phi) is 5.64. The lowest BCUT2D eigenvalue weighted by Crippen LogP contribution is -2.31. The Balaban J connectivity index is 1.99. The third-order valence-electron chi connectivity index (χ3n) is 3.39. The molecule has 0 saturated heterocycles. The molecule has 1 unspecified atom stereocenters. The van der Waals surface area contributed by atoms with Crippen LogP contribution in [0.25, 0.3) is 0 Å². The fourth-order valence-corrected chi connectivity index (χ4v) is 2.19. The van der Waals surface area contributed by atoms with Crippen molar-refractivity contribution in [3.05, 3.63) is 23.8 Å². The largest absolute Gasteiger partial charge is 0.490 e. The van der Waals surface area contributed by atoms with Crippen LogP contribution in [0.5, 0.6) is 11.5 Å². The second kappa shape index (κ2) is 7.47. The van der Waals surface area contributed by atoms with Crippen molar-refractivity contribution in [2.75, 3.05) is 47.1 Å². The van der Waals surface area contributed by atoms with Crippen molar-refractivity contribution in [3.8, 4) is 11.5 Å². The maximum absolute atomic E-state index is 6.26. The summed E-state index contributed by atoms with van der Waals surface area (Å²) in [5, 5.41) is 0. The topological polar surface area (TPSA) is 57.0 Å². The monoisotopic (exact) mass is 280 g/mol. The van der Waals surface area contributed by atoms with E-state index >= 15 is 0 Å². The molecule has 0 aromatic heterocycles. The second-order valence-electron chi connectivity index (χ2n) is 5.12. The molecule has 1 atom stereocenters. The summed E-state index contributed by atoms with van der Waals surface area (Å²) in [6, 6.07) is 5.91. The van der Waals surface area contributed by atoms with E-state index in [9.17, 15) is 0 Å². The number of ether oxygens (including phenoxy) is 3. The quantitative estimate of drug-likeness (QED) is 0.854. The van der Waals surface area contributed by atoms with Crippen molar-refractivity contribution >= 4 is 0 Å². The van der Waals surface area contributed by atoms with Crippen molar-refractivity contribution in [1.82, 2.24) is 4.90 Å². The molecule has 112 valence electrons. The summed E-state index contributed by atoms with van der Waals surface area (Å²) in [6.45, 7) is 3.76. The number of likely N-dealkylation sites (N-methyl/N-ethyl adjacent to an activating group) is 1. The molecule has 20 heavy (non-hydrogen) atoms. The van der Waals surface area contributed by atoms with E-state index in [4.69, 9.17) is 19.9 Å². The highest BCUT2D eigenvalue weighted by Gasteiger charge is 2.15. The van der Waals surface area contributed by atoms with Crippen LogP contribution in [-0.4, -0.2) is 52.0 Å². The van der Waals surface area contributed by atoms with Crippen molar-refractivity contribution in [2.24, 2.45) is 5.73 Å². The van der Waals surface area contributed by atoms with E-state index in [1.807, 2.05) is 25.2 Å². The Morgan fingerprint density at radius 3 is 2.80 bits per heavy atom. The van der Waals surface area contributed by atoms with Crippen LogP contribution in [-0.2, 0) is 4.74 Å². The molecule has 0 bridgehead atoms. The predicted molar refractivity (Wildman–Crippen MR) is 78.4 cm³/mol. The van der Waals surface area contributed by atoms with Gasteiger partial charge in [0.05, 0.1) is 19.8 Å². The van der Waals surface area contributed by atoms with Crippen LogP contribution in [0, 0.1) is 0 Å². The summed E-state index contributed by atoms with van der Waals surface area (Å²) < 4.78 is 16.4. The zero-order chi connectivity index (χ0) is 14.4. The zero-order valence-electron chi connectivity index (χ0n) is 12.3. The molecule has 0 radical (unpaired) electrons. The highest BCUT2D eigenvalue weighted by atomic mass is 16.5. The molecule has 5 heteroatoms. The number of benzene rings is 1. The summed E-state index contributed by atoms with van der Waals surface area (Å²) in [4.78, 5) is 2.16. The molecule has 1 aliphatic heterocycles. The van der Waals surface area contributed by atoms with Crippen LogP contribution in [0.1, 0.15) is 18.0 Å². The molecule has 1 aromatic carbocycles. The van der Waals surface area contributed by atoms with Gasteiger partial charge in [0.15, 0.2) is 11.5 Å². The van der Waals surface area contributed by atoms with Gasteiger partial charge >= 0.3 is 0 Å².